The minimum Gasteiger partial charge on any atom is -0.439 e. The molecule has 3 nitrogen and oxygen atoms in total. The number of halogens is 1. The number of para-hydroxylation sites is 1. The summed E-state index contributed by atoms with van der Waals surface area (Å²) in [5.41, 5.74) is 0.568. The topological polar surface area (TPSA) is 49.8 Å². The van der Waals surface area contributed by atoms with Gasteiger partial charge in [-0.25, -0.2) is 9.37 Å². The molecular weight excluding hydrogens is 171 g/mol. The van der Waals surface area contributed by atoms with Gasteiger partial charge >= 0.3 is 0 Å². The first-order valence-corrected chi connectivity index (χ1v) is 3.72. The normalized spacial score (nSPS) is 10.2. The van der Waals surface area contributed by atoms with Crippen molar-refractivity contribution in [2.75, 3.05) is 0 Å². The average Bonchev–Trinajstić information content (AvgIpc) is 2.49. The van der Waals surface area contributed by atoms with E-state index < -0.39 is 5.82 Å². The highest BCUT2D eigenvalue weighted by Gasteiger charge is 2.08. The van der Waals surface area contributed by atoms with Crippen LogP contribution in [0.3, 0.4) is 0 Å². The van der Waals surface area contributed by atoms with Crippen LogP contribution in [0.1, 0.15) is 5.89 Å². The van der Waals surface area contributed by atoms with Crippen molar-refractivity contribution in [1.29, 1.82) is 5.26 Å². The maximum absolute atomic E-state index is 13.0. The van der Waals surface area contributed by atoms with E-state index in [2.05, 4.69) is 4.98 Å². The molecule has 0 saturated heterocycles. The van der Waals surface area contributed by atoms with Crippen LogP contribution in [0.5, 0.6) is 0 Å². The third-order valence-electron chi connectivity index (χ3n) is 1.64. The molecule has 0 bridgehead atoms. The van der Waals surface area contributed by atoms with Crippen LogP contribution >= 0.6 is 0 Å². The fourth-order valence-corrected chi connectivity index (χ4v) is 1.10. The fourth-order valence-electron chi connectivity index (χ4n) is 1.10. The Kier molecular flexibility index (Phi) is 1.71. The largest absolute Gasteiger partial charge is 0.439 e. The van der Waals surface area contributed by atoms with E-state index in [4.69, 9.17) is 9.68 Å². The van der Waals surface area contributed by atoms with Crippen molar-refractivity contribution in [2.45, 2.75) is 6.42 Å². The summed E-state index contributed by atoms with van der Waals surface area (Å²) in [4.78, 5) is 3.84. The number of hydrogen-bond acceptors (Lipinski definition) is 3. The predicted octanol–water partition coefficient (Wildman–Crippen LogP) is 2.03. The molecule has 0 fully saturated rings. The standard InChI is InChI=1S/C9H5FN2O/c10-6-2-1-3-7-9(6)12-8(13-7)4-5-11/h1-3H,4H2. The van der Waals surface area contributed by atoms with Gasteiger partial charge in [-0.2, -0.15) is 5.26 Å². The lowest BCUT2D eigenvalue weighted by molar-refractivity contribution is 0.548. The molecule has 0 amide bonds. The van der Waals surface area contributed by atoms with Gasteiger partial charge in [0.15, 0.2) is 11.4 Å². The Morgan fingerprint density at radius 3 is 3.08 bits per heavy atom. The number of hydrogen-bond donors (Lipinski definition) is 0. The Bertz CT molecular complexity index is 484. The Morgan fingerprint density at radius 2 is 2.38 bits per heavy atom. The van der Waals surface area contributed by atoms with E-state index in [0.717, 1.165) is 0 Å². The average molecular weight is 176 g/mol. The first kappa shape index (κ1) is 7.74. The smallest absolute Gasteiger partial charge is 0.209 e. The fraction of sp³-hybridized carbons (Fsp3) is 0.111. The molecule has 0 aliphatic heterocycles. The molecule has 0 saturated carbocycles. The van der Waals surface area contributed by atoms with E-state index in [1.807, 2.05) is 6.07 Å². The van der Waals surface area contributed by atoms with Gasteiger partial charge in [-0.1, -0.05) is 6.07 Å². The van der Waals surface area contributed by atoms with E-state index in [-0.39, 0.29) is 17.8 Å². The lowest BCUT2D eigenvalue weighted by atomic mass is 10.3. The summed E-state index contributed by atoms with van der Waals surface area (Å²) in [6.45, 7) is 0. The van der Waals surface area contributed by atoms with Gasteiger partial charge in [0.1, 0.15) is 11.9 Å². The summed E-state index contributed by atoms with van der Waals surface area (Å²) >= 11 is 0. The third kappa shape index (κ3) is 1.25. The SMILES string of the molecule is N#CCc1nc2c(F)cccc2o1. The van der Waals surface area contributed by atoms with Crippen LogP contribution in [0, 0.1) is 17.1 Å². The second-order valence-electron chi connectivity index (χ2n) is 2.53. The van der Waals surface area contributed by atoms with Gasteiger partial charge in [-0.05, 0) is 12.1 Å². The monoisotopic (exact) mass is 176 g/mol. The molecule has 0 N–H and O–H groups in total. The molecule has 1 aromatic heterocycles. The van der Waals surface area contributed by atoms with Crippen molar-refractivity contribution >= 4 is 11.1 Å². The maximum atomic E-state index is 13.0. The number of nitriles is 1. The number of oxazole rings is 1. The van der Waals surface area contributed by atoms with Gasteiger partial charge in [-0.3, -0.25) is 0 Å². The minimum absolute atomic E-state index is 0.0636. The van der Waals surface area contributed by atoms with Gasteiger partial charge in [-0.15, -0.1) is 0 Å². The molecular formula is C9H5FN2O. The van der Waals surface area contributed by atoms with Crippen molar-refractivity contribution in [2.24, 2.45) is 0 Å². The number of fused-ring (bicyclic) bond motifs is 1. The molecule has 1 heterocycles. The van der Waals surface area contributed by atoms with E-state index in [0.29, 0.717) is 5.58 Å². The van der Waals surface area contributed by atoms with Gasteiger partial charge < -0.3 is 4.42 Å². The van der Waals surface area contributed by atoms with E-state index >= 15 is 0 Å². The zero-order chi connectivity index (χ0) is 9.26. The highest BCUT2D eigenvalue weighted by molar-refractivity contribution is 5.73. The van der Waals surface area contributed by atoms with Crippen molar-refractivity contribution in [3.63, 3.8) is 0 Å². The number of aromatic nitrogens is 1. The molecule has 2 aromatic rings. The van der Waals surface area contributed by atoms with Crippen LogP contribution in [0.15, 0.2) is 22.6 Å². The zero-order valence-electron chi connectivity index (χ0n) is 6.62. The van der Waals surface area contributed by atoms with Gasteiger partial charge in [0.2, 0.25) is 5.89 Å². The lowest BCUT2D eigenvalue weighted by Crippen LogP contribution is -1.80. The third-order valence-corrected chi connectivity index (χ3v) is 1.64. The Balaban J connectivity index is 2.63. The summed E-state index contributed by atoms with van der Waals surface area (Å²) in [7, 11) is 0. The summed E-state index contributed by atoms with van der Waals surface area (Å²) in [5, 5.41) is 8.37. The number of rotatable bonds is 1. The summed E-state index contributed by atoms with van der Waals surface area (Å²) < 4.78 is 18.2. The summed E-state index contributed by atoms with van der Waals surface area (Å²) in [6.07, 6.45) is 0.0636. The molecule has 4 heteroatoms. The molecule has 0 atom stereocenters. The van der Waals surface area contributed by atoms with Crippen LogP contribution in [-0.2, 0) is 6.42 Å². The van der Waals surface area contributed by atoms with E-state index in [1.165, 1.54) is 6.07 Å². The minimum atomic E-state index is -0.426. The van der Waals surface area contributed by atoms with E-state index in [9.17, 15) is 4.39 Å². The van der Waals surface area contributed by atoms with Crippen LogP contribution in [-0.4, -0.2) is 4.98 Å². The molecule has 2 rings (SSSR count). The predicted molar refractivity (Wildman–Crippen MR) is 43.3 cm³/mol. The first-order valence-electron chi connectivity index (χ1n) is 3.72. The van der Waals surface area contributed by atoms with Crippen LogP contribution in [0.2, 0.25) is 0 Å². The molecule has 0 aliphatic rings. The van der Waals surface area contributed by atoms with E-state index in [1.54, 1.807) is 12.1 Å². The second-order valence-corrected chi connectivity index (χ2v) is 2.53. The van der Waals surface area contributed by atoms with Gasteiger partial charge in [0.25, 0.3) is 0 Å². The Labute approximate surface area is 73.4 Å². The maximum Gasteiger partial charge on any atom is 0.209 e. The highest BCUT2D eigenvalue weighted by Crippen LogP contribution is 2.18. The van der Waals surface area contributed by atoms with Crippen LogP contribution in [0.25, 0.3) is 11.1 Å². The van der Waals surface area contributed by atoms with Crippen molar-refractivity contribution in [3.8, 4) is 6.07 Å². The number of benzene rings is 1. The van der Waals surface area contributed by atoms with Gasteiger partial charge in [0, 0.05) is 0 Å². The van der Waals surface area contributed by atoms with Crippen molar-refractivity contribution < 1.29 is 8.81 Å². The molecule has 0 radical (unpaired) electrons. The second kappa shape index (κ2) is 2.87. The van der Waals surface area contributed by atoms with Crippen molar-refractivity contribution in [1.82, 2.24) is 4.98 Å². The van der Waals surface area contributed by atoms with Gasteiger partial charge in [0.05, 0.1) is 6.07 Å². The molecule has 1 aromatic carbocycles. The lowest BCUT2D eigenvalue weighted by Gasteiger charge is -1.85. The van der Waals surface area contributed by atoms with Crippen LogP contribution < -0.4 is 0 Å². The zero-order valence-corrected chi connectivity index (χ0v) is 6.62. The van der Waals surface area contributed by atoms with Crippen LogP contribution in [0.4, 0.5) is 4.39 Å². The molecule has 0 spiro atoms. The quantitative estimate of drug-likeness (QED) is 0.667. The highest BCUT2D eigenvalue weighted by atomic mass is 19.1. The first-order chi connectivity index (χ1) is 6.31. The molecule has 0 aliphatic carbocycles. The summed E-state index contributed by atoms with van der Waals surface area (Å²) in [5.74, 6) is -0.173. The molecule has 0 unspecified atom stereocenters. The Morgan fingerprint density at radius 1 is 1.54 bits per heavy atom. The molecule has 13 heavy (non-hydrogen) atoms. The number of nitrogens with zero attached hydrogens (tertiary/aromatic N) is 2. The van der Waals surface area contributed by atoms with Crippen molar-refractivity contribution in [3.05, 3.63) is 29.9 Å². The Hall–Kier alpha value is -1.89. The molecule has 64 valence electrons. The summed E-state index contributed by atoms with van der Waals surface area (Å²) in [6, 6.07) is 6.35.